The van der Waals surface area contributed by atoms with E-state index >= 15 is 0 Å². The average Bonchev–Trinajstić information content (AvgIpc) is 2.41. The summed E-state index contributed by atoms with van der Waals surface area (Å²) in [7, 11) is 0. The summed E-state index contributed by atoms with van der Waals surface area (Å²) in [5, 5.41) is 8.66. The van der Waals surface area contributed by atoms with Crippen LogP contribution >= 0.6 is 0 Å². The Morgan fingerprint density at radius 2 is 1.53 bits per heavy atom. The molecule has 0 spiro atoms. The maximum Gasteiger partial charge on any atom is 0.307 e. The molecule has 0 amide bonds. The Balaban J connectivity index is 2.05. The van der Waals surface area contributed by atoms with Crippen LogP contribution < -0.4 is 4.74 Å². The molecule has 0 bridgehead atoms. The number of hydrogen-bond donors (Lipinski definition) is 1. The highest BCUT2D eigenvalue weighted by Gasteiger charge is 2.01. The van der Waals surface area contributed by atoms with E-state index in [-0.39, 0.29) is 6.42 Å². The molecule has 0 heterocycles. The Morgan fingerprint density at radius 1 is 1.00 bits per heavy atom. The second-order valence-electron chi connectivity index (χ2n) is 4.00. The number of ether oxygens (including phenoxy) is 1. The molecule has 2 rings (SSSR count). The van der Waals surface area contributed by atoms with Gasteiger partial charge in [-0.05, 0) is 42.0 Å². The molecular formula is C15H12O4. The molecule has 0 radical (unpaired) electrons. The van der Waals surface area contributed by atoms with Crippen molar-refractivity contribution in [3.05, 3.63) is 59.7 Å². The lowest BCUT2D eigenvalue weighted by molar-refractivity contribution is -0.136. The van der Waals surface area contributed by atoms with Gasteiger partial charge >= 0.3 is 5.97 Å². The Labute approximate surface area is 110 Å². The van der Waals surface area contributed by atoms with E-state index in [1.54, 1.807) is 48.5 Å². The Bertz CT molecular complexity index is 570. The summed E-state index contributed by atoms with van der Waals surface area (Å²) < 4.78 is 5.57. The molecule has 0 saturated heterocycles. The van der Waals surface area contributed by atoms with Gasteiger partial charge in [-0.1, -0.05) is 12.1 Å². The molecule has 0 fully saturated rings. The van der Waals surface area contributed by atoms with Crippen LogP contribution in [0.3, 0.4) is 0 Å². The van der Waals surface area contributed by atoms with Crippen LogP contribution in [0.25, 0.3) is 0 Å². The summed E-state index contributed by atoms with van der Waals surface area (Å²) in [4.78, 5) is 21.1. The Morgan fingerprint density at radius 3 is 2.00 bits per heavy atom. The number of benzene rings is 2. The fraction of sp³-hybridized carbons (Fsp3) is 0.0667. The van der Waals surface area contributed by atoms with Crippen LogP contribution in [0.2, 0.25) is 0 Å². The van der Waals surface area contributed by atoms with Gasteiger partial charge < -0.3 is 9.84 Å². The highest BCUT2D eigenvalue weighted by Crippen LogP contribution is 2.21. The van der Waals surface area contributed by atoms with E-state index in [0.717, 1.165) is 11.8 Å². The van der Waals surface area contributed by atoms with Gasteiger partial charge in [0.2, 0.25) is 0 Å². The van der Waals surface area contributed by atoms with E-state index in [1.165, 1.54) is 0 Å². The number of carboxylic acid groups (broad SMARTS) is 1. The fourth-order valence-corrected chi connectivity index (χ4v) is 1.60. The minimum Gasteiger partial charge on any atom is -0.481 e. The zero-order valence-corrected chi connectivity index (χ0v) is 10.1. The van der Waals surface area contributed by atoms with Crippen molar-refractivity contribution in [2.24, 2.45) is 0 Å². The van der Waals surface area contributed by atoms with Crippen LogP contribution in [0.4, 0.5) is 0 Å². The molecule has 2 aromatic carbocycles. The van der Waals surface area contributed by atoms with Crippen molar-refractivity contribution in [2.45, 2.75) is 6.42 Å². The van der Waals surface area contributed by atoms with E-state index < -0.39 is 5.97 Å². The van der Waals surface area contributed by atoms with Crippen molar-refractivity contribution in [1.82, 2.24) is 0 Å². The van der Waals surface area contributed by atoms with Crippen LogP contribution in [-0.2, 0) is 11.2 Å². The van der Waals surface area contributed by atoms with Crippen LogP contribution in [0.15, 0.2) is 48.5 Å². The lowest BCUT2D eigenvalue weighted by Crippen LogP contribution is -1.99. The van der Waals surface area contributed by atoms with Gasteiger partial charge in [-0.15, -0.1) is 0 Å². The van der Waals surface area contributed by atoms with Gasteiger partial charge in [0.1, 0.15) is 17.8 Å². The minimum absolute atomic E-state index is 0.00564. The molecule has 96 valence electrons. The zero-order chi connectivity index (χ0) is 13.7. The van der Waals surface area contributed by atoms with Gasteiger partial charge in [-0.3, -0.25) is 9.59 Å². The van der Waals surface area contributed by atoms with Gasteiger partial charge in [0.15, 0.2) is 0 Å². The topological polar surface area (TPSA) is 63.6 Å². The second kappa shape index (κ2) is 5.82. The third kappa shape index (κ3) is 3.67. The first kappa shape index (κ1) is 12.8. The van der Waals surface area contributed by atoms with E-state index in [2.05, 4.69) is 0 Å². The molecule has 4 heteroatoms. The molecule has 0 aromatic heterocycles. The van der Waals surface area contributed by atoms with Crippen LogP contribution in [0.1, 0.15) is 15.9 Å². The number of carbonyl (C=O) groups excluding carboxylic acids is 1. The minimum atomic E-state index is -0.863. The van der Waals surface area contributed by atoms with Crippen molar-refractivity contribution in [3.63, 3.8) is 0 Å². The largest absolute Gasteiger partial charge is 0.481 e. The van der Waals surface area contributed by atoms with Crippen molar-refractivity contribution in [1.29, 1.82) is 0 Å². The van der Waals surface area contributed by atoms with Crippen molar-refractivity contribution >= 4 is 12.3 Å². The average molecular weight is 256 g/mol. The summed E-state index contributed by atoms with van der Waals surface area (Å²) in [5.74, 6) is 0.377. The van der Waals surface area contributed by atoms with E-state index in [4.69, 9.17) is 9.84 Å². The molecule has 0 aliphatic heterocycles. The molecule has 1 N–H and O–H groups in total. The third-order valence-electron chi connectivity index (χ3n) is 2.53. The number of aldehydes is 1. The van der Waals surface area contributed by atoms with Gasteiger partial charge in [0.05, 0.1) is 6.42 Å². The molecule has 0 aliphatic rings. The second-order valence-corrected chi connectivity index (χ2v) is 4.00. The van der Waals surface area contributed by atoms with Crippen LogP contribution in [-0.4, -0.2) is 17.4 Å². The fourth-order valence-electron chi connectivity index (χ4n) is 1.60. The lowest BCUT2D eigenvalue weighted by atomic mass is 10.1. The van der Waals surface area contributed by atoms with E-state index in [0.29, 0.717) is 17.1 Å². The number of carboxylic acids is 1. The van der Waals surface area contributed by atoms with E-state index in [9.17, 15) is 9.59 Å². The molecule has 0 aliphatic carbocycles. The van der Waals surface area contributed by atoms with Crippen LogP contribution in [0.5, 0.6) is 11.5 Å². The maximum absolute atomic E-state index is 10.5. The molecule has 0 atom stereocenters. The molecule has 0 unspecified atom stereocenters. The highest BCUT2D eigenvalue weighted by atomic mass is 16.5. The standard InChI is InChI=1S/C15H12O4/c16-10-12-3-7-14(8-4-12)19-13-5-1-11(2-6-13)9-15(17)18/h1-8,10H,9H2,(H,17,18). The molecule has 4 nitrogen and oxygen atoms in total. The van der Waals surface area contributed by atoms with Crippen molar-refractivity contribution in [2.75, 3.05) is 0 Å². The van der Waals surface area contributed by atoms with Gasteiger partial charge in [0, 0.05) is 5.56 Å². The summed E-state index contributed by atoms with van der Waals surface area (Å²) in [6, 6.07) is 13.6. The van der Waals surface area contributed by atoms with Gasteiger partial charge in [-0.2, -0.15) is 0 Å². The third-order valence-corrected chi connectivity index (χ3v) is 2.53. The normalized spacial score (nSPS) is 9.89. The van der Waals surface area contributed by atoms with Crippen molar-refractivity contribution in [3.8, 4) is 11.5 Å². The summed E-state index contributed by atoms with van der Waals surface area (Å²) in [6.07, 6.45) is 0.763. The number of carbonyl (C=O) groups is 2. The summed E-state index contributed by atoms with van der Waals surface area (Å²) >= 11 is 0. The first-order valence-electron chi connectivity index (χ1n) is 5.71. The Hall–Kier alpha value is -2.62. The number of hydrogen-bond acceptors (Lipinski definition) is 3. The number of aliphatic carboxylic acids is 1. The monoisotopic (exact) mass is 256 g/mol. The quantitative estimate of drug-likeness (QED) is 0.835. The summed E-state index contributed by atoms with van der Waals surface area (Å²) in [6.45, 7) is 0. The van der Waals surface area contributed by atoms with Gasteiger partial charge in [0.25, 0.3) is 0 Å². The van der Waals surface area contributed by atoms with Crippen molar-refractivity contribution < 1.29 is 19.4 Å². The molecule has 0 saturated carbocycles. The van der Waals surface area contributed by atoms with Crippen LogP contribution in [0, 0.1) is 0 Å². The summed E-state index contributed by atoms with van der Waals surface area (Å²) in [5.41, 5.74) is 1.31. The lowest BCUT2D eigenvalue weighted by Gasteiger charge is -2.06. The zero-order valence-electron chi connectivity index (χ0n) is 10.1. The predicted molar refractivity (Wildman–Crippen MR) is 69.7 cm³/mol. The van der Waals surface area contributed by atoms with E-state index in [1.807, 2.05) is 0 Å². The first-order valence-corrected chi connectivity index (χ1v) is 5.71. The first-order chi connectivity index (χ1) is 9.17. The molecular weight excluding hydrogens is 244 g/mol. The number of rotatable bonds is 5. The Kier molecular flexibility index (Phi) is 3.93. The predicted octanol–water partition coefficient (Wildman–Crippen LogP) is 2.92. The SMILES string of the molecule is O=Cc1ccc(Oc2ccc(CC(=O)O)cc2)cc1. The molecule has 2 aromatic rings. The highest BCUT2D eigenvalue weighted by molar-refractivity contribution is 5.74. The maximum atomic E-state index is 10.5. The van der Waals surface area contributed by atoms with Gasteiger partial charge in [-0.25, -0.2) is 0 Å². The smallest absolute Gasteiger partial charge is 0.307 e. The molecule has 19 heavy (non-hydrogen) atoms.